The number of ketones is 1. The van der Waals surface area contributed by atoms with Gasteiger partial charge in [-0.15, -0.1) is 0 Å². The van der Waals surface area contributed by atoms with Gasteiger partial charge in [-0.25, -0.2) is 0 Å². The summed E-state index contributed by atoms with van der Waals surface area (Å²) in [4.78, 5) is 17.5. The number of rotatable bonds is 6. The summed E-state index contributed by atoms with van der Waals surface area (Å²) in [5, 5.41) is 0. The Morgan fingerprint density at radius 3 is 2.50 bits per heavy atom. The average molecular weight is 332 g/mol. The topological polar surface area (TPSA) is 41.9 Å². The number of carbonyl (C=O) groups excluding carboxylic acids is 1. The van der Waals surface area contributed by atoms with E-state index in [0.29, 0.717) is 6.61 Å². The Kier molecular flexibility index (Phi) is 12.2. The minimum absolute atomic E-state index is 0.0817. The Morgan fingerprint density at radius 2 is 1.96 bits per heavy atom. The van der Waals surface area contributed by atoms with Crippen molar-refractivity contribution in [1.29, 1.82) is 0 Å². The number of nitrogens with zero attached hydrogens (tertiary/aromatic N) is 2. The first-order valence-corrected chi connectivity index (χ1v) is 8.83. The van der Waals surface area contributed by atoms with Crippen LogP contribution in [0.3, 0.4) is 0 Å². The molecule has 2 rings (SSSR count). The summed E-state index contributed by atoms with van der Waals surface area (Å²) >= 11 is 0. The molecule has 0 amide bonds. The molecule has 1 aliphatic heterocycles. The van der Waals surface area contributed by atoms with E-state index < -0.39 is 0 Å². The van der Waals surface area contributed by atoms with Gasteiger partial charge in [0.1, 0.15) is 5.75 Å². The number of carbonyl (C=O) groups is 1. The molecule has 0 N–H and O–H groups in total. The predicted molar refractivity (Wildman–Crippen MR) is 103 cm³/mol. The van der Waals surface area contributed by atoms with Crippen LogP contribution in [0.1, 0.15) is 57.0 Å². The number of hydrogen-bond acceptors (Lipinski definition) is 4. The summed E-state index contributed by atoms with van der Waals surface area (Å²) in [7, 11) is 0. The maximum atomic E-state index is 11.3. The first-order chi connectivity index (χ1) is 11.7. The zero-order valence-electron chi connectivity index (χ0n) is 16.0. The van der Waals surface area contributed by atoms with E-state index in [9.17, 15) is 4.79 Å². The van der Waals surface area contributed by atoms with E-state index in [1.165, 1.54) is 0 Å². The molecule has 0 saturated carbocycles. The second-order valence-corrected chi connectivity index (χ2v) is 4.86. The second-order valence-electron chi connectivity index (χ2n) is 4.86. The number of benzene rings is 1. The van der Waals surface area contributed by atoms with Gasteiger partial charge in [0, 0.05) is 30.7 Å². The molecule has 24 heavy (non-hydrogen) atoms. The largest absolute Gasteiger partial charge is 0.493 e. The molecule has 4 nitrogen and oxygen atoms in total. The van der Waals surface area contributed by atoms with E-state index in [1.54, 1.807) is 13.1 Å². The van der Waals surface area contributed by atoms with Crippen molar-refractivity contribution in [3.8, 4) is 5.75 Å². The van der Waals surface area contributed by atoms with Crippen molar-refractivity contribution in [2.24, 2.45) is 4.99 Å². The van der Waals surface area contributed by atoms with Crippen molar-refractivity contribution in [1.82, 2.24) is 4.90 Å². The predicted octanol–water partition coefficient (Wildman–Crippen LogP) is 4.88. The Bertz CT molecular complexity index is 536. The first kappa shape index (κ1) is 21.9. The quantitative estimate of drug-likeness (QED) is 0.551. The average Bonchev–Trinajstić information content (AvgIpc) is 2.64. The zero-order chi connectivity index (χ0) is 18.4. The second kappa shape index (κ2) is 13.3. The lowest BCUT2D eigenvalue weighted by Crippen LogP contribution is -2.23. The van der Waals surface area contributed by atoms with E-state index in [4.69, 9.17) is 4.74 Å². The van der Waals surface area contributed by atoms with Crippen LogP contribution in [-0.2, 0) is 0 Å². The van der Waals surface area contributed by atoms with E-state index in [0.717, 1.165) is 36.4 Å². The highest BCUT2D eigenvalue weighted by Crippen LogP contribution is 2.19. The summed E-state index contributed by atoms with van der Waals surface area (Å²) in [5.74, 6) is 0.934. The van der Waals surface area contributed by atoms with Gasteiger partial charge in [-0.1, -0.05) is 27.7 Å². The molecule has 0 unspecified atom stereocenters. The maximum Gasteiger partial charge on any atom is 0.159 e. The highest BCUT2D eigenvalue weighted by atomic mass is 16.5. The monoisotopic (exact) mass is 332 g/mol. The van der Waals surface area contributed by atoms with Crippen LogP contribution in [0.25, 0.3) is 0 Å². The van der Waals surface area contributed by atoms with Crippen LogP contribution in [0.2, 0.25) is 0 Å². The van der Waals surface area contributed by atoms with Gasteiger partial charge in [0.05, 0.1) is 13.2 Å². The van der Waals surface area contributed by atoms with Crippen LogP contribution in [0.4, 0.5) is 0 Å². The highest BCUT2D eigenvalue weighted by Gasteiger charge is 2.05. The number of Topliss-reactive ketones (excluding diaryl/α,β-unsaturated/α-hetero) is 1. The molecule has 0 fully saturated rings. The molecule has 1 heterocycles. The molecule has 1 aromatic rings. The number of aliphatic imine (C=N–C) groups is 1. The standard InChI is InChI=1S/C16H20N2O2.2C2H6/c1-13-12-15(14(2)19)4-5-16(13)20-11-3-8-18-9-6-17-7-10-18;2*1-2/h4-7,9,12H,3,8,10-11H2,1-2H3;2*1-2H3. The van der Waals surface area contributed by atoms with Crippen LogP contribution in [0.15, 0.2) is 35.6 Å². The van der Waals surface area contributed by atoms with Gasteiger partial charge in [-0.3, -0.25) is 9.79 Å². The maximum absolute atomic E-state index is 11.3. The third-order valence-corrected chi connectivity index (χ3v) is 3.21. The highest BCUT2D eigenvalue weighted by molar-refractivity contribution is 5.94. The third kappa shape index (κ3) is 7.95. The van der Waals surface area contributed by atoms with Crippen LogP contribution >= 0.6 is 0 Å². The van der Waals surface area contributed by atoms with Crippen molar-refractivity contribution >= 4 is 12.0 Å². The molecule has 0 atom stereocenters. The smallest absolute Gasteiger partial charge is 0.159 e. The molecule has 0 spiro atoms. The van der Waals surface area contributed by atoms with Crippen molar-refractivity contribution < 1.29 is 9.53 Å². The van der Waals surface area contributed by atoms with Gasteiger partial charge < -0.3 is 9.64 Å². The number of aryl methyl sites for hydroxylation is 1. The Hall–Kier alpha value is -2.10. The van der Waals surface area contributed by atoms with Crippen molar-refractivity contribution in [3.05, 3.63) is 41.7 Å². The zero-order valence-corrected chi connectivity index (χ0v) is 16.0. The first-order valence-electron chi connectivity index (χ1n) is 8.83. The molecule has 0 aliphatic carbocycles. The number of hydrogen-bond donors (Lipinski definition) is 0. The van der Waals surface area contributed by atoms with Gasteiger partial charge in [0.15, 0.2) is 5.78 Å². The van der Waals surface area contributed by atoms with Gasteiger partial charge in [0.25, 0.3) is 0 Å². The summed E-state index contributed by atoms with van der Waals surface area (Å²) in [6.07, 6.45) is 6.64. The molecule has 0 saturated heterocycles. The molecule has 4 heteroatoms. The van der Waals surface area contributed by atoms with Crippen LogP contribution < -0.4 is 4.74 Å². The van der Waals surface area contributed by atoms with E-state index >= 15 is 0 Å². The molecule has 1 aliphatic rings. The summed E-state index contributed by atoms with van der Waals surface area (Å²) in [5.41, 5.74) is 1.73. The normalized spacial score (nSPS) is 11.8. The lowest BCUT2D eigenvalue weighted by molar-refractivity contribution is 0.101. The van der Waals surface area contributed by atoms with Crippen LogP contribution in [0.5, 0.6) is 5.75 Å². The summed E-state index contributed by atoms with van der Waals surface area (Å²) in [6, 6.07) is 5.57. The van der Waals surface area contributed by atoms with Crippen molar-refractivity contribution in [2.45, 2.75) is 48.0 Å². The molecule has 0 aromatic heterocycles. The lowest BCUT2D eigenvalue weighted by atomic mass is 10.1. The minimum atomic E-state index is 0.0817. The van der Waals surface area contributed by atoms with Gasteiger partial charge in [-0.05, 0) is 44.0 Å². The fourth-order valence-electron chi connectivity index (χ4n) is 2.05. The third-order valence-electron chi connectivity index (χ3n) is 3.21. The molecule has 0 radical (unpaired) electrons. The summed E-state index contributed by atoms with van der Waals surface area (Å²) < 4.78 is 5.77. The Morgan fingerprint density at radius 1 is 1.25 bits per heavy atom. The number of ether oxygens (including phenoxy) is 1. The van der Waals surface area contributed by atoms with E-state index in [1.807, 2.05) is 65.2 Å². The van der Waals surface area contributed by atoms with Crippen LogP contribution in [-0.4, -0.2) is 36.6 Å². The van der Waals surface area contributed by atoms with Gasteiger partial charge >= 0.3 is 0 Å². The SMILES string of the molecule is CC.CC.CC(=O)c1ccc(OCCCN2C=CN=CC2)c(C)c1. The van der Waals surface area contributed by atoms with Crippen LogP contribution in [0, 0.1) is 6.92 Å². The fraction of sp³-hybridized carbons (Fsp3) is 0.500. The van der Waals surface area contributed by atoms with Gasteiger partial charge in [0.2, 0.25) is 0 Å². The molecule has 134 valence electrons. The lowest BCUT2D eigenvalue weighted by Gasteiger charge is -2.19. The molecular formula is C20H32N2O2. The van der Waals surface area contributed by atoms with Crippen molar-refractivity contribution in [3.63, 3.8) is 0 Å². The minimum Gasteiger partial charge on any atom is -0.493 e. The Balaban J connectivity index is 0.00000123. The van der Waals surface area contributed by atoms with Gasteiger partial charge in [-0.2, -0.15) is 0 Å². The Labute approximate surface area is 147 Å². The van der Waals surface area contributed by atoms with E-state index in [-0.39, 0.29) is 5.78 Å². The van der Waals surface area contributed by atoms with Crippen molar-refractivity contribution in [2.75, 3.05) is 19.7 Å². The molecule has 0 bridgehead atoms. The molecular weight excluding hydrogens is 300 g/mol. The molecule has 1 aromatic carbocycles. The summed E-state index contributed by atoms with van der Waals surface area (Å²) in [6.45, 7) is 14.0. The van der Waals surface area contributed by atoms with E-state index in [2.05, 4.69) is 9.89 Å². The fourth-order valence-corrected chi connectivity index (χ4v) is 2.05.